The maximum atomic E-state index is 12.2. The molecule has 6 nitrogen and oxygen atoms in total. The number of aromatic nitrogens is 2. The first-order chi connectivity index (χ1) is 10.1. The van der Waals surface area contributed by atoms with Crippen LogP contribution in [0.4, 0.5) is 0 Å². The van der Waals surface area contributed by atoms with Crippen molar-refractivity contribution in [2.24, 2.45) is 7.05 Å². The summed E-state index contributed by atoms with van der Waals surface area (Å²) < 4.78 is 13.3. The monoisotopic (exact) mass is 288 g/mol. The molecule has 1 aliphatic rings. The molecule has 0 aliphatic carbocycles. The Kier molecular flexibility index (Phi) is 3.08. The summed E-state index contributed by atoms with van der Waals surface area (Å²) in [5.41, 5.74) is 1.91. The van der Waals surface area contributed by atoms with Gasteiger partial charge >= 0.3 is 5.69 Å². The smallest absolute Gasteiger partial charge is 0.331 e. The minimum Gasteiger partial charge on any atom is -0.493 e. The van der Waals surface area contributed by atoms with Gasteiger partial charge in [-0.05, 0) is 24.1 Å². The Morgan fingerprint density at radius 3 is 2.38 bits per heavy atom. The highest BCUT2D eigenvalue weighted by Gasteiger charge is 2.21. The number of rotatable bonds is 2. The first-order valence-electron chi connectivity index (χ1n) is 6.63. The zero-order valence-corrected chi connectivity index (χ0v) is 12.2. The van der Waals surface area contributed by atoms with Crippen LogP contribution < -0.4 is 20.7 Å². The number of benzene rings is 1. The molecule has 0 fully saturated rings. The molecular formula is C15H16N2O4. The van der Waals surface area contributed by atoms with Gasteiger partial charge in [0, 0.05) is 25.2 Å². The van der Waals surface area contributed by atoms with Gasteiger partial charge in [-0.1, -0.05) is 0 Å². The average Bonchev–Trinajstić information content (AvgIpc) is 2.51. The van der Waals surface area contributed by atoms with Crippen molar-refractivity contribution in [3.05, 3.63) is 44.6 Å². The second kappa shape index (κ2) is 4.80. The maximum Gasteiger partial charge on any atom is 0.331 e. The predicted octanol–water partition coefficient (Wildman–Crippen LogP) is 0.787. The second-order valence-corrected chi connectivity index (χ2v) is 4.98. The molecule has 0 radical (unpaired) electrons. The van der Waals surface area contributed by atoms with Gasteiger partial charge in [-0.15, -0.1) is 0 Å². The third-order valence-corrected chi connectivity index (χ3v) is 3.89. The Bertz CT molecular complexity index is 833. The summed E-state index contributed by atoms with van der Waals surface area (Å²) in [6.45, 7) is 0.546. The normalized spacial score (nSPS) is 12.5. The van der Waals surface area contributed by atoms with Crippen LogP contribution >= 0.6 is 0 Å². The number of ether oxygens (including phenoxy) is 2. The van der Waals surface area contributed by atoms with Crippen molar-refractivity contribution in [1.82, 2.24) is 9.13 Å². The van der Waals surface area contributed by atoms with Crippen molar-refractivity contribution < 1.29 is 9.47 Å². The molecule has 2 aromatic rings. The lowest BCUT2D eigenvalue weighted by atomic mass is 9.97. The fourth-order valence-corrected chi connectivity index (χ4v) is 2.71. The standard InChI is InChI=1S/C15H16N2O4/c1-16-14(18)8-11-10-7-13(21-3)12(20-2)6-9(10)4-5-17(11)15(16)19/h6-8H,4-5H2,1-3H3. The molecule has 21 heavy (non-hydrogen) atoms. The van der Waals surface area contributed by atoms with Crippen LogP contribution in [0.25, 0.3) is 11.3 Å². The number of aryl methyl sites for hydroxylation is 1. The number of fused-ring (bicyclic) bond motifs is 3. The zero-order chi connectivity index (χ0) is 15.1. The van der Waals surface area contributed by atoms with E-state index in [0.717, 1.165) is 15.7 Å². The van der Waals surface area contributed by atoms with E-state index in [1.165, 1.54) is 13.1 Å². The van der Waals surface area contributed by atoms with Gasteiger partial charge in [0.25, 0.3) is 5.56 Å². The van der Waals surface area contributed by atoms with Gasteiger partial charge in [0.05, 0.1) is 19.9 Å². The maximum absolute atomic E-state index is 12.2. The van der Waals surface area contributed by atoms with Crippen LogP contribution in [0.1, 0.15) is 5.56 Å². The number of hydrogen-bond donors (Lipinski definition) is 0. The van der Waals surface area contributed by atoms with Crippen LogP contribution in [0.2, 0.25) is 0 Å². The van der Waals surface area contributed by atoms with Crippen molar-refractivity contribution >= 4 is 0 Å². The molecule has 6 heteroatoms. The van der Waals surface area contributed by atoms with Crippen LogP contribution in [-0.2, 0) is 20.0 Å². The molecule has 1 aliphatic heterocycles. The van der Waals surface area contributed by atoms with E-state index in [1.54, 1.807) is 18.8 Å². The van der Waals surface area contributed by atoms with Gasteiger partial charge in [0.2, 0.25) is 0 Å². The van der Waals surface area contributed by atoms with E-state index in [9.17, 15) is 9.59 Å². The van der Waals surface area contributed by atoms with Crippen molar-refractivity contribution in [3.8, 4) is 22.8 Å². The summed E-state index contributed by atoms with van der Waals surface area (Å²) >= 11 is 0. The van der Waals surface area contributed by atoms with Crippen LogP contribution in [0, 0.1) is 0 Å². The van der Waals surface area contributed by atoms with E-state index in [0.29, 0.717) is 30.2 Å². The third kappa shape index (κ3) is 1.94. The Morgan fingerprint density at radius 2 is 1.71 bits per heavy atom. The van der Waals surface area contributed by atoms with Gasteiger partial charge in [-0.2, -0.15) is 0 Å². The van der Waals surface area contributed by atoms with Crippen molar-refractivity contribution in [1.29, 1.82) is 0 Å². The van der Waals surface area contributed by atoms with Crippen LogP contribution in [0.3, 0.4) is 0 Å². The topological polar surface area (TPSA) is 62.5 Å². The molecule has 0 unspecified atom stereocenters. The summed E-state index contributed by atoms with van der Waals surface area (Å²) in [4.78, 5) is 24.1. The van der Waals surface area contributed by atoms with Gasteiger partial charge < -0.3 is 9.47 Å². The fourth-order valence-electron chi connectivity index (χ4n) is 2.71. The summed E-state index contributed by atoms with van der Waals surface area (Å²) in [5.74, 6) is 1.23. The van der Waals surface area contributed by atoms with Crippen LogP contribution in [-0.4, -0.2) is 23.4 Å². The molecule has 0 N–H and O–H groups in total. The number of nitrogens with zero attached hydrogens (tertiary/aromatic N) is 2. The highest BCUT2D eigenvalue weighted by atomic mass is 16.5. The van der Waals surface area contributed by atoms with E-state index >= 15 is 0 Å². The van der Waals surface area contributed by atoms with Gasteiger partial charge in [-0.3, -0.25) is 13.9 Å². The largest absolute Gasteiger partial charge is 0.493 e. The summed E-state index contributed by atoms with van der Waals surface area (Å²) in [6.07, 6.45) is 0.709. The lowest BCUT2D eigenvalue weighted by molar-refractivity contribution is 0.354. The molecule has 0 spiro atoms. The Hall–Kier alpha value is -2.50. The number of hydrogen-bond acceptors (Lipinski definition) is 4. The molecular weight excluding hydrogens is 272 g/mol. The lowest BCUT2D eigenvalue weighted by Gasteiger charge is -2.23. The highest BCUT2D eigenvalue weighted by molar-refractivity contribution is 5.70. The minimum atomic E-state index is -0.311. The van der Waals surface area contributed by atoms with E-state index in [4.69, 9.17) is 9.47 Å². The van der Waals surface area contributed by atoms with Crippen molar-refractivity contribution in [3.63, 3.8) is 0 Å². The van der Waals surface area contributed by atoms with Gasteiger partial charge in [-0.25, -0.2) is 4.79 Å². The van der Waals surface area contributed by atoms with E-state index < -0.39 is 0 Å². The summed E-state index contributed by atoms with van der Waals surface area (Å²) in [6, 6.07) is 5.21. The molecule has 110 valence electrons. The lowest BCUT2D eigenvalue weighted by Crippen LogP contribution is -2.39. The first-order valence-corrected chi connectivity index (χ1v) is 6.63. The highest BCUT2D eigenvalue weighted by Crippen LogP contribution is 2.37. The zero-order valence-electron chi connectivity index (χ0n) is 12.2. The molecule has 0 saturated heterocycles. The molecule has 0 saturated carbocycles. The Balaban J connectivity index is 2.33. The number of methoxy groups -OCH3 is 2. The summed E-state index contributed by atoms with van der Waals surface area (Å²) in [7, 11) is 4.63. The van der Waals surface area contributed by atoms with Crippen LogP contribution in [0.15, 0.2) is 27.8 Å². The summed E-state index contributed by atoms with van der Waals surface area (Å²) in [5, 5.41) is 0. The Labute approximate surface area is 121 Å². The third-order valence-electron chi connectivity index (χ3n) is 3.89. The molecule has 0 atom stereocenters. The van der Waals surface area contributed by atoms with Crippen molar-refractivity contribution in [2.45, 2.75) is 13.0 Å². The van der Waals surface area contributed by atoms with Crippen LogP contribution in [0.5, 0.6) is 11.5 Å². The minimum absolute atomic E-state index is 0.294. The van der Waals surface area contributed by atoms with Gasteiger partial charge in [0.1, 0.15) is 0 Å². The van der Waals surface area contributed by atoms with Gasteiger partial charge in [0.15, 0.2) is 11.5 Å². The predicted molar refractivity (Wildman–Crippen MR) is 78.2 cm³/mol. The fraction of sp³-hybridized carbons (Fsp3) is 0.333. The molecule has 3 rings (SSSR count). The molecule has 0 bridgehead atoms. The molecule has 1 aromatic heterocycles. The molecule has 0 amide bonds. The Morgan fingerprint density at radius 1 is 1.05 bits per heavy atom. The molecule has 2 heterocycles. The average molecular weight is 288 g/mol. The van der Waals surface area contributed by atoms with Crippen molar-refractivity contribution in [2.75, 3.05) is 14.2 Å². The van der Waals surface area contributed by atoms with E-state index in [1.807, 2.05) is 12.1 Å². The van der Waals surface area contributed by atoms with E-state index in [2.05, 4.69) is 0 Å². The quantitative estimate of drug-likeness (QED) is 0.819. The molecule has 1 aromatic carbocycles. The van der Waals surface area contributed by atoms with E-state index in [-0.39, 0.29) is 11.2 Å². The second-order valence-electron chi connectivity index (χ2n) is 4.98. The first kappa shape index (κ1) is 13.5. The SMILES string of the molecule is COc1cc2c(cc1OC)-c1cc(=O)n(C)c(=O)n1CC2.